The second-order valence-electron chi connectivity index (χ2n) is 6.14. The fourth-order valence-electron chi connectivity index (χ4n) is 2.78. The third kappa shape index (κ3) is 5.06. The molecule has 0 spiro atoms. The fourth-order valence-corrected chi connectivity index (χ4v) is 2.78. The molecular formula is C16H25NO8. The number of aliphatic hydroxyl groups excluding tert-OH is 4. The van der Waals surface area contributed by atoms with Crippen LogP contribution >= 0.6 is 0 Å². The predicted octanol–water partition coefficient (Wildman–Crippen LogP) is -1.71. The summed E-state index contributed by atoms with van der Waals surface area (Å²) in [6.07, 6.45) is -0.852. The van der Waals surface area contributed by atoms with Crippen LogP contribution < -0.4 is 0 Å². The van der Waals surface area contributed by atoms with Gasteiger partial charge in [-0.15, -0.1) is 0 Å². The van der Waals surface area contributed by atoms with E-state index in [1.807, 2.05) is 0 Å². The number of carbonyl (C=O) groups excluding carboxylic acids is 2. The zero-order chi connectivity index (χ0) is 18.4. The summed E-state index contributed by atoms with van der Waals surface area (Å²) >= 11 is 0. The van der Waals surface area contributed by atoms with Crippen molar-refractivity contribution < 1.29 is 39.5 Å². The van der Waals surface area contributed by atoms with Gasteiger partial charge >= 0.3 is 0 Å². The van der Waals surface area contributed by atoms with Crippen molar-refractivity contribution in [2.45, 2.75) is 56.4 Å². The zero-order valence-corrected chi connectivity index (χ0v) is 13.9. The minimum Gasteiger partial charge on any atom is -0.394 e. The van der Waals surface area contributed by atoms with Gasteiger partial charge in [-0.25, -0.2) is 0 Å². The maximum Gasteiger partial charge on any atom is 0.253 e. The summed E-state index contributed by atoms with van der Waals surface area (Å²) in [5.74, 6) is -0.563. The second-order valence-corrected chi connectivity index (χ2v) is 6.14. The summed E-state index contributed by atoms with van der Waals surface area (Å²) in [7, 11) is 0. The van der Waals surface area contributed by atoms with Crippen molar-refractivity contribution in [2.75, 3.05) is 19.8 Å². The Kier molecular flexibility index (Phi) is 7.48. The molecule has 2 aliphatic heterocycles. The first-order chi connectivity index (χ1) is 12.0. The van der Waals surface area contributed by atoms with Crippen molar-refractivity contribution in [1.29, 1.82) is 0 Å². The molecule has 2 aliphatic rings. The van der Waals surface area contributed by atoms with Crippen LogP contribution in [-0.2, 0) is 19.1 Å². The van der Waals surface area contributed by atoms with Crippen LogP contribution in [0.2, 0.25) is 0 Å². The lowest BCUT2D eigenvalue weighted by Crippen LogP contribution is -2.59. The Hall–Kier alpha value is -1.36. The predicted molar refractivity (Wildman–Crippen MR) is 84.0 cm³/mol. The highest BCUT2D eigenvalue weighted by atomic mass is 16.7. The van der Waals surface area contributed by atoms with Gasteiger partial charge < -0.3 is 29.9 Å². The SMILES string of the molecule is O=C1C=CC(=O)N1CCCCCCOC1OC(CO)C(O)C(O)C1O. The number of unbranched alkanes of at least 4 members (excludes halogenated alkanes) is 3. The van der Waals surface area contributed by atoms with E-state index in [9.17, 15) is 24.9 Å². The third-order valence-corrected chi connectivity index (χ3v) is 4.31. The molecule has 5 unspecified atom stereocenters. The molecule has 1 saturated heterocycles. The number of hydrogen-bond acceptors (Lipinski definition) is 8. The van der Waals surface area contributed by atoms with Gasteiger partial charge in [-0.1, -0.05) is 12.8 Å². The Morgan fingerprint density at radius 1 is 0.960 bits per heavy atom. The molecule has 9 nitrogen and oxygen atoms in total. The average molecular weight is 359 g/mol. The van der Waals surface area contributed by atoms with Crippen molar-refractivity contribution in [1.82, 2.24) is 4.90 Å². The summed E-state index contributed by atoms with van der Waals surface area (Å²) in [4.78, 5) is 23.9. The number of ether oxygens (including phenoxy) is 2. The Morgan fingerprint density at radius 3 is 2.24 bits per heavy atom. The van der Waals surface area contributed by atoms with Crippen LogP contribution in [0.5, 0.6) is 0 Å². The largest absolute Gasteiger partial charge is 0.394 e. The number of amides is 2. The van der Waals surface area contributed by atoms with Gasteiger partial charge in [-0.05, 0) is 12.8 Å². The molecule has 0 bridgehead atoms. The number of nitrogens with zero attached hydrogens (tertiary/aromatic N) is 1. The standard InChI is InChI=1S/C16H25NO8/c18-9-10-13(21)14(22)15(23)16(25-10)24-8-4-2-1-3-7-17-11(19)5-6-12(17)20/h5-6,10,13-16,18,21-23H,1-4,7-9H2. The van der Waals surface area contributed by atoms with E-state index >= 15 is 0 Å². The summed E-state index contributed by atoms with van der Waals surface area (Å²) < 4.78 is 10.6. The lowest BCUT2D eigenvalue weighted by Gasteiger charge is -2.39. The smallest absolute Gasteiger partial charge is 0.253 e. The van der Waals surface area contributed by atoms with Crippen LogP contribution in [0.1, 0.15) is 25.7 Å². The van der Waals surface area contributed by atoms with E-state index in [1.165, 1.54) is 17.1 Å². The van der Waals surface area contributed by atoms with Gasteiger partial charge in [-0.3, -0.25) is 14.5 Å². The summed E-state index contributed by atoms with van der Waals surface area (Å²) in [6.45, 7) is 0.164. The van der Waals surface area contributed by atoms with Crippen LogP contribution in [0, 0.1) is 0 Å². The van der Waals surface area contributed by atoms with Crippen LogP contribution in [0.15, 0.2) is 12.2 Å². The molecule has 0 aromatic heterocycles. The molecule has 5 atom stereocenters. The normalized spacial score (nSPS) is 32.6. The Balaban J connectivity index is 1.58. The molecule has 0 aliphatic carbocycles. The van der Waals surface area contributed by atoms with E-state index in [-0.39, 0.29) is 18.4 Å². The second kappa shape index (κ2) is 9.37. The third-order valence-electron chi connectivity index (χ3n) is 4.31. The summed E-state index contributed by atoms with van der Waals surface area (Å²) in [5.41, 5.74) is 0. The molecule has 1 fully saturated rings. The van der Waals surface area contributed by atoms with E-state index in [4.69, 9.17) is 14.6 Å². The molecule has 25 heavy (non-hydrogen) atoms. The number of hydrogen-bond donors (Lipinski definition) is 4. The van der Waals surface area contributed by atoms with Gasteiger partial charge in [0, 0.05) is 25.3 Å². The van der Waals surface area contributed by atoms with Crippen molar-refractivity contribution >= 4 is 11.8 Å². The quantitative estimate of drug-likeness (QED) is 0.282. The Labute approximate surface area is 145 Å². The van der Waals surface area contributed by atoms with Crippen molar-refractivity contribution in [3.63, 3.8) is 0 Å². The molecule has 4 N–H and O–H groups in total. The Morgan fingerprint density at radius 2 is 1.60 bits per heavy atom. The van der Waals surface area contributed by atoms with E-state index in [0.717, 1.165) is 12.8 Å². The summed E-state index contributed by atoms with van der Waals surface area (Å²) in [5, 5.41) is 38.2. The minimum absolute atomic E-state index is 0.270. The topological polar surface area (TPSA) is 137 Å². The number of aliphatic hydroxyl groups is 4. The van der Waals surface area contributed by atoms with Crippen molar-refractivity contribution in [3.05, 3.63) is 12.2 Å². The molecule has 2 amide bonds. The minimum atomic E-state index is -1.44. The molecule has 2 heterocycles. The van der Waals surface area contributed by atoms with Gasteiger partial charge in [0.25, 0.3) is 11.8 Å². The van der Waals surface area contributed by atoms with Crippen LogP contribution in [0.4, 0.5) is 0 Å². The lowest BCUT2D eigenvalue weighted by molar-refractivity contribution is -0.301. The van der Waals surface area contributed by atoms with Crippen LogP contribution in [0.3, 0.4) is 0 Å². The number of imide groups is 1. The van der Waals surface area contributed by atoms with Gasteiger partial charge in [-0.2, -0.15) is 0 Å². The number of carbonyl (C=O) groups is 2. The highest BCUT2D eigenvalue weighted by molar-refractivity contribution is 6.12. The fraction of sp³-hybridized carbons (Fsp3) is 0.750. The van der Waals surface area contributed by atoms with E-state index < -0.39 is 37.3 Å². The van der Waals surface area contributed by atoms with Gasteiger partial charge in [0.15, 0.2) is 6.29 Å². The first-order valence-electron chi connectivity index (χ1n) is 8.41. The Bertz CT molecular complexity index is 477. The molecule has 142 valence electrons. The molecular weight excluding hydrogens is 334 g/mol. The monoisotopic (exact) mass is 359 g/mol. The van der Waals surface area contributed by atoms with Gasteiger partial charge in [0.05, 0.1) is 6.61 Å². The van der Waals surface area contributed by atoms with Crippen LogP contribution in [-0.4, -0.2) is 87.6 Å². The maximum atomic E-state index is 11.4. The first-order valence-corrected chi connectivity index (χ1v) is 8.41. The van der Waals surface area contributed by atoms with E-state index in [1.54, 1.807) is 0 Å². The van der Waals surface area contributed by atoms with Crippen LogP contribution in [0.25, 0.3) is 0 Å². The zero-order valence-electron chi connectivity index (χ0n) is 13.9. The molecule has 9 heteroatoms. The molecule has 0 aromatic carbocycles. The van der Waals surface area contributed by atoms with Crippen molar-refractivity contribution in [3.8, 4) is 0 Å². The number of rotatable bonds is 9. The van der Waals surface area contributed by atoms with Crippen molar-refractivity contribution in [2.24, 2.45) is 0 Å². The maximum absolute atomic E-state index is 11.4. The van der Waals surface area contributed by atoms with Gasteiger partial charge in [0.1, 0.15) is 24.4 Å². The van der Waals surface area contributed by atoms with E-state index in [0.29, 0.717) is 19.4 Å². The highest BCUT2D eigenvalue weighted by Gasteiger charge is 2.43. The first kappa shape index (κ1) is 20.0. The molecule has 0 radical (unpaired) electrons. The highest BCUT2D eigenvalue weighted by Crippen LogP contribution is 2.22. The molecule has 0 saturated carbocycles. The molecule has 2 rings (SSSR count). The van der Waals surface area contributed by atoms with E-state index in [2.05, 4.69) is 0 Å². The van der Waals surface area contributed by atoms with Gasteiger partial charge in [0.2, 0.25) is 0 Å². The lowest BCUT2D eigenvalue weighted by atomic mass is 9.99. The summed E-state index contributed by atoms with van der Waals surface area (Å²) in [6, 6.07) is 0. The average Bonchev–Trinajstić information content (AvgIpc) is 2.92. The molecule has 0 aromatic rings.